The Balaban J connectivity index is 1.70. The first-order valence-corrected chi connectivity index (χ1v) is 7.18. The number of anilines is 1. The monoisotopic (exact) mass is 296 g/mol. The Morgan fingerprint density at radius 3 is 2.95 bits per heavy atom. The van der Waals surface area contributed by atoms with E-state index in [1.807, 2.05) is 0 Å². The van der Waals surface area contributed by atoms with Crippen LogP contribution in [0.1, 0.15) is 37.7 Å². The first-order valence-electron chi connectivity index (χ1n) is 7.18. The summed E-state index contributed by atoms with van der Waals surface area (Å²) in [6.07, 6.45) is 1.04. The molecule has 1 aromatic rings. The maximum Gasteiger partial charge on any atom is 0.319 e. The number of urea groups is 1. The van der Waals surface area contributed by atoms with Gasteiger partial charge in [0.25, 0.3) is 6.43 Å². The molecule has 4 nitrogen and oxygen atoms in total. The molecule has 1 saturated carbocycles. The molecule has 0 bridgehead atoms. The molecule has 0 radical (unpaired) electrons. The van der Waals surface area contributed by atoms with Crippen molar-refractivity contribution in [3.8, 4) is 0 Å². The maximum absolute atomic E-state index is 12.9. The number of amides is 2. The standard InChI is InChI=1S/C15H18F2N2O2/c16-13(17)10-4-1-2-5-11(10)18-14(20)19-15-7-3-6-12(15)21-9-8-15/h1-2,4-5,12-13H,3,6-9H2,(H2,18,19,20)/t12-,15+/m1/s1. The van der Waals surface area contributed by atoms with E-state index in [0.717, 1.165) is 25.7 Å². The van der Waals surface area contributed by atoms with E-state index >= 15 is 0 Å². The minimum Gasteiger partial charge on any atom is -0.376 e. The molecule has 114 valence electrons. The number of rotatable bonds is 3. The molecule has 0 unspecified atom stereocenters. The van der Waals surface area contributed by atoms with Gasteiger partial charge in [0, 0.05) is 12.2 Å². The zero-order chi connectivity index (χ0) is 14.9. The normalized spacial score (nSPS) is 27.7. The van der Waals surface area contributed by atoms with Gasteiger partial charge in [-0.25, -0.2) is 13.6 Å². The molecule has 1 aromatic carbocycles. The van der Waals surface area contributed by atoms with Gasteiger partial charge in [-0.05, 0) is 31.7 Å². The van der Waals surface area contributed by atoms with Gasteiger partial charge in [0.05, 0.1) is 17.3 Å². The quantitative estimate of drug-likeness (QED) is 0.897. The Morgan fingerprint density at radius 1 is 1.33 bits per heavy atom. The molecular weight excluding hydrogens is 278 g/mol. The minimum atomic E-state index is -2.62. The van der Waals surface area contributed by atoms with Crippen molar-refractivity contribution in [3.05, 3.63) is 29.8 Å². The molecule has 1 saturated heterocycles. The molecule has 0 spiro atoms. The number of alkyl halides is 2. The Morgan fingerprint density at radius 2 is 2.14 bits per heavy atom. The van der Waals surface area contributed by atoms with Crippen molar-refractivity contribution in [2.45, 2.75) is 43.8 Å². The third-order valence-electron chi connectivity index (χ3n) is 4.38. The minimum absolute atomic E-state index is 0.0496. The fourth-order valence-electron chi connectivity index (χ4n) is 3.34. The van der Waals surface area contributed by atoms with E-state index in [1.54, 1.807) is 6.07 Å². The van der Waals surface area contributed by atoms with Gasteiger partial charge in [-0.2, -0.15) is 0 Å². The third-order valence-corrected chi connectivity index (χ3v) is 4.38. The summed E-state index contributed by atoms with van der Waals surface area (Å²) in [5.41, 5.74) is -0.352. The second kappa shape index (κ2) is 5.60. The van der Waals surface area contributed by atoms with Gasteiger partial charge >= 0.3 is 6.03 Å². The summed E-state index contributed by atoms with van der Waals surface area (Å²) in [5.74, 6) is 0. The lowest BCUT2D eigenvalue weighted by Crippen LogP contribution is -2.52. The van der Waals surface area contributed by atoms with Gasteiger partial charge in [0.15, 0.2) is 0 Å². The summed E-state index contributed by atoms with van der Waals surface area (Å²) in [6, 6.07) is 5.50. The fourth-order valence-corrected chi connectivity index (χ4v) is 3.34. The van der Waals surface area contributed by atoms with Crippen LogP contribution in [0.4, 0.5) is 19.3 Å². The van der Waals surface area contributed by atoms with Crippen LogP contribution in [0.5, 0.6) is 0 Å². The summed E-state index contributed by atoms with van der Waals surface area (Å²) < 4.78 is 31.4. The predicted molar refractivity (Wildman–Crippen MR) is 74.5 cm³/mol. The SMILES string of the molecule is O=C(Nc1ccccc1C(F)F)N[C@]12CCC[C@H]1OCC2. The number of nitrogens with one attached hydrogen (secondary N) is 2. The van der Waals surface area contributed by atoms with E-state index in [4.69, 9.17) is 4.74 Å². The highest BCUT2D eigenvalue weighted by Gasteiger charge is 2.48. The van der Waals surface area contributed by atoms with Crippen molar-refractivity contribution in [2.75, 3.05) is 11.9 Å². The van der Waals surface area contributed by atoms with Gasteiger partial charge in [0.1, 0.15) is 0 Å². The zero-order valence-electron chi connectivity index (χ0n) is 11.6. The van der Waals surface area contributed by atoms with Crippen molar-refractivity contribution >= 4 is 11.7 Å². The number of ether oxygens (including phenoxy) is 1. The van der Waals surface area contributed by atoms with Crippen molar-refractivity contribution in [1.82, 2.24) is 5.32 Å². The van der Waals surface area contributed by atoms with Crippen LogP contribution in [0, 0.1) is 0 Å². The van der Waals surface area contributed by atoms with Crippen molar-refractivity contribution in [1.29, 1.82) is 0 Å². The number of hydrogen-bond donors (Lipinski definition) is 2. The molecule has 2 atom stereocenters. The maximum atomic E-state index is 12.9. The molecule has 3 rings (SSSR count). The molecule has 2 N–H and O–H groups in total. The number of hydrogen-bond acceptors (Lipinski definition) is 2. The van der Waals surface area contributed by atoms with E-state index in [1.165, 1.54) is 18.2 Å². The van der Waals surface area contributed by atoms with Crippen molar-refractivity contribution < 1.29 is 18.3 Å². The highest BCUT2D eigenvalue weighted by Crippen LogP contribution is 2.39. The Hall–Kier alpha value is -1.69. The van der Waals surface area contributed by atoms with Crippen LogP contribution in [0.15, 0.2) is 24.3 Å². The first-order chi connectivity index (χ1) is 10.1. The second-order valence-electron chi connectivity index (χ2n) is 5.62. The topological polar surface area (TPSA) is 50.4 Å². The Bertz CT molecular complexity index is 526. The van der Waals surface area contributed by atoms with Gasteiger partial charge < -0.3 is 15.4 Å². The first kappa shape index (κ1) is 14.3. The smallest absolute Gasteiger partial charge is 0.319 e. The van der Waals surface area contributed by atoms with E-state index < -0.39 is 12.5 Å². The predicted octanol–water partition coefficient (Wildman–Crippen LogP) is 3.46. The number of carbonyl (C=O) groups excluding carboxylic acids is 1. The van der Waals surface area contributed by atoms with Crippen molar-refractivity contribution in [2.24, 2.45) is 0 Å². The van der Waals surface area contributed by atoms with Crippen LogP contribution in [-0.2, 0) is 4.74 Å². The second-order valence-corrected chi connectivity index (χ2v) is 5.62. The summed E-state index contributed by atoms with van der Waals surface area (Å²) >= 11 is 0. The van der Waals surface area contributed by atoms with Gasteiger partial charge in [0.2, 0.25) is 0 Å². The van der Waals surface area contributed by atoms with Gasteiger partial charge in [-0.3, -0.25) is 0 Å². The number of halogens is 2. The average molecular weight is 296 g/mol. The van der Waals surface area contributed by atoms with Gasteiger partial charge in [-0.1, -0.05) is 18.2 Å². The summed E-state index contributed by atoms with van der Waals surface area (Å²) in [5, 5.41) is 5.49. The number of benzene rings is 1. The van der Waals surface area contributed by atoms with Crippen LogP contribution < -0.4 is 10.6 Å². The molecule has 2 fully saturated rings. The molecule has 6 heteroatoms. The van der Waals surface area contributed by atoms with Crippen LogP contribution in [0.3, 0.4) is 0 Å². The van der Waals surface area contributed by atoms with Crippen LogP contribution >= 0.6 is 0 Å². The molecule has 21 heavy (non-hydrogen) atoms. The Labute approximate surface area is 121 Å². The number of carbonyl (C=O) groups is 1. The van der Waals surface area contributed by atoms with E-state index in [0.29, 0.717) is 6.61 Å². The lowest BCUT2D eigenvalue weighted by molar-refractivity contribution is 0.0881. The highest BCUT2D eigenvalue weighted by atomic mass is 19.3. The van der Waals surface area contributed by atoms with Crippen LogP contribution in [0.25, 0.3) is 0 Å². The summed E-state index contributed by atoms with van der Waals surface area (Å²) in [7, 11) is 0. The molecule has 0 aromatic heterocycles. The molecule has 1 aliphatic heterocycles. The average Bonchev–Trinajstić information content (AvgIpc) is 2.97. The third kappa shape index (κ3) is 2.72. The number of para-hydroxylation sites is 1. The summed E-state index contributed by atoms with van der Waals surface area (Å²) in [6.45, 7) is 0.637. The molecule has 1 aliphatic carbocycles. The molecule has 2 aliphatic rings. The highest BCUT2D eigenvalue weighted by molar-refractivity contribution is 5.90. The molecular formula is C15H18F2N2O2. The molecule has 2 amide bonds. The Kier molecular flexibility index (Phi) is 3.80. The van der Waals surface area contributed by atoms with Crippen LogP contribution in [0.2, 0.25) is 0 Å². The fraction of sp³-hybridized carbons (Fsp3) is 0.533. The van der Waals surface area contributed by atoms with E-state index in [2.05, 4.69) is 10.6 Å². The van der Waals surface area contributed by atoms with E-state index in [-0.39, 0.29) is 22.9 Å². The van der Waals surface area contributed by atoms with Crippen LogP contribution in [-0.4, -0.2) is 24.3 Å². The zero-order valence-corrected chi connectivity index (χ0v) is 11.6. The number of fused-ring (bicyclic) bond motifs is 1. The van der Waals surface area contributed by atoms with E-state index in [9.17, 15) is 13.6 Å². The largest absolute Gasteiger partial charge is 0.376 e. The molecule has 1 heterocycles. The lowest BCUT2D eigenvalue weighted by atomic mass is 9.94. The van der Waals surface area contributed by atoms with Gasteiger partial charge in [-0.15, -0.1) is 0 Å². The lowest BCUT2D eigenvalue weighted by Gasteiger charge is -2.29. The van der Waals surface area contributed by atoms with Crippen molar-refractivity contribution in [3.63, 3.8) is 0 Å². The summed E-state index contributed by atoms with van der Waals surface area (Å²) in [4.78, 5) is 12.2.